The Balaban J connectivity index is 2.01. The molecule has 0 atom stereocenters. The highest BCUT2D eigenvalue weighted by atomic mass is 16.1. The van der Waals surface area contributed by atoms with Crippen molar-refractivity contribution in [1.29, 1.82) is 0 Å². The summed E-state index contributed by atoms with van der Waals surface area (Å²) in [6.45, 7) is 2.00. The molecule has 4 aromatic rings. The second-order valence-corrected chi connectivity index (χ2v) is 6.23. The molecule has 0 saturated heterocycles. The summed E-state index contributed by atoms with van der Waals surface area (Å²) in [5.41, 5.74) is 4.70. The quantitative estimate of drug-likeness (QED) is 0.534. The zero-order chi connectivity index (χ0) is 17.9. The normalized spacial score (nSPS) is 10.7. The van der Waals surface area contributed by atoms with Crippen LogP contribution in [0.4, 0.5) is 0 Å². The second-order valence-electron chi connectivity index (χ2n) is 6.23. The van der Waals surface area contributed by atoms with Crippen molar-refractivity contribution in [2.24, 2.45) is 0 Å². The van der Waals surface area contributed by atoms with E-state index in [-0.39, 0.29) is 5.56 Å². The smallest absolute Gasteiger partial charge is 0.257 e. The molecule has 2 aromatic carbocycles. The van der Waals surface area contributed by atoms with Crippen LogP contribution < -0.4 is 5.56 Å². The number of aromatic nitrogens is 2. The SMILES string of the molecule is Cc1ccnc(-n2c(-c3ccccc3)cc(-c3ccccc3)cc2=O)c1. The third-order valence-electron chi connectivity index (χ3n) is 4.34. The predicted molar refractivity (Wildman–Crippen MR) is 105 cm³/mol. The van der Waals surface area contributed by atoms with Gasteiger partial charge < -0.3 is 0 Å². The lowest BCUT2D eigenvalue weighted by atomic mass is 10.0. The average Bonchev–Trinajstić information content (AvgIpc) is 2.68. The van der Waals surface area contributed by atoms with Crippen LogP contribution in [0.15, 0.2) is 95.9 Å². The Hall–Kier alpha value is -3.46. The number of rotatable bonds is 3. The van der Waals surface area contributed by atoms with Gasteiger partial charge in [0.25, 0.3) is 5.56 Å². The summed E-state index contributed by atoms with van der Waals surface area (Å²) >= 11 is 0. The van der Waals surface area contributed by atoms with Crippen molar-refractivity contribution in [3.05, 3.63) is 107 Å². The molecule has 0 aliphatic heterocycles. The van der Waals surface area contributed by atoms with Gasteiger partial charge in [-0.15, -0.1) is 0 Å². The first-order valence-corrected chi connectivity index (χ1v) is 8.53. The van der Waals surface area contributed by atoms with Crippen molar-refractivity contribution in [3.63, 3.8) is 0 Å². The van der Waals surface area contributed by atoms with Crippen LogP contribution in [0.2, 0.25) is 0 Å². The molecule has 0 unspecified atom stereocenters. The minimum Gasteiger partial charge on any atom is -0.269 e. The molecule has 0 aliphatic rings. The molecule has 0 spiro atoms. The molecule has 2 aromatic heterocycles. The zero-order valence-electron chi connectivity index (χ0n) is 14.5. The Morgan fingerprint density at radius 1 is 0.731 bits per heavy atom. The Morgan fingerprint density at radius 3 is 2.04 bits per heavy atom. The zero-order valence-corrected chi connectivity index (χ0v) is 14.5. The number of pyridine rings is 2. The van der Waals surface area contributed by atoms with Gasteiger partial charge in [0.2, 0.25) is 0 Å². The van der Waals surface area contributed by atoms with Gasteiger partial charge in [-0.25, -0.2) is 4.98 Å². The first-order chi connectivity index (χ1) is 12.7. The van der Waals surface area contributed by atoms with Gasteiger partial charge in [-0.05, 0) is 47.4 Å². The highest BCUT2D eigenvalue weighted by Crippen LogP contribution is 2.26. The second kappa shape index (κ2) is 6.81. The number of nitrogens with zero attached hydrogens (tertiary/aromatic N) is 2. The first-order valence-electron chi connectivity index (χ1n) is 8.53. The summed E-state index contributed by atoms with van der Waals surface area (Å²) in [5, 5.41) is 0. The molecule has 4 rings (SSSR count). The minimum absolute atomic E-state index is 0.0942. The van der Waals surface area contributed by atoms with Gasteiger partial charge in [0.05, 0.1) is 5.69 Å². The topological polar surface area (TPSA) is 34.9 Å². The number of aryl methyl sites for hydroxylation is 1. The van der Waals surface area contributed by atoms with E-state index in [1.165, 1.54) is 0 Å². The van der Waals surface area contributed by atoms with Crippen LogP contribution in [0.1, 0.15) is 5.56 Å². The van der Waals surface area contributed by atoms with Crippen LogP contribution in [0.25, 0.3) is 28.2 Å². The standard InChI is InChI=1S/C23H18N2O/c1-17-12-13-24-22(14-17)25-21(19-10-6-3-7-11-19)15-20(16-23(25)26)18-8-4-2-5-9-18/h2-16H,1H3. The lowest BCUT2D eigenvalue weighted by Gasteiger charge is -2.15. The molecule has 0 amide bonds. The first kappa shape index (κ1) is 16.0. The molecule has 3 heteroatoms. The van der Waals surface area contributed by atoms with Crippen molar-refractivity contribution in [3.8, 4) is 28.2 Å². The molecule has 0 bridgehead atoms. The molecule has 0 N–H and O–H groups in total. The molecule has 2 heterocycles. The fraction of sp³-hybridized carbons (Fsp3) is 0.0435. The van der Waals surface area contributed by atoms with E-state index in [9.17, 15) is 4.79 Å². The van der Waals surface area contributed by atoms with Crippen LogP contribution >= 0.6 is 0 Å². The number of hydrogen-bond donors (Lipinski definition) is 0. The summed E-state index contributed by atoms with van der Waals surface area (Å²) < 4.78 is 1.68. The summed E-state index contributed by atoms with van der Waals surface area (Å²) in [6, 6.07) is 27.5. The fourth-order valence-corrected chi connectivity index (χ4v) is 3.07. The van der Waals surface area contributed by atoms with E-state index in [1.807, 2.05) is 79.7 Å². The van der Waals surface area contributed by atoms with Crippen LogP contribution in [0.3, 0.4) is 0 Å². The minimum atomic E-state index is -0.0942. The lowest BCUT2D eigenvalue weighted by Crippen LogP contribution is -2.20. The highest BCUT2D eigenvalue weighted by molar-refractivity contribution is 5.71. The monoisotopic (exact) mass is 338 g/mol. The third-order valence-corrected chi connectivity index (χ3v) is 4.34. The Morgan fingerprint density at radius 2 is 1.38 bits per heavy atom. The van der Waals surface area contributed by atoms with Crippen molar-refractivity contribution >= 4 is 0 Å². The highest BCUT2D eigenvalue weighted by Gasteiger charge is 2.12. The van der Waals surface area contributed by atoms with E-state index in [0.29, 0.717) is 5.82 Å². The van der Waals surface area contributed by atoms with E-state index in [2.05, 4.69) is 11.1 Å². The molecule has 3 nitrogen and oxygen atoms in total. The average molecular weight is 338 g/mol. The summed E-state index contributed by atoms with van der Waals surface area (Å²) in [6.07, 6.45) is 1.73. The van der Waals surface area contributed by atoms with E-state index in [0.717, 1.165) is 27.9 Å². The molecular weight excluding hydrogens is 320 g/mol. The molecular formula is C23H18N2O. The molecule has 126 valence electrons. The van der Waals surface area contributed by atoms with Crippen molar-refractivity contribution in [2.45, 2.75) is 6.92 Å². The molecule has 0 aliphatic carbocycles. The van der Waals surface area contributed by atoms with Gasteiger partial charge in [-0.3, -0.25) is 9.36 Å². The van der Waals surface area contributed by atoms with Crippen LogP contribution in [0, 0.1) is 6.92 Å². The number of benzene rings is 2. The Labute approximate surface area is 152 Å². The van der Waals surface area contributed by atoms with E-state index in [4.69, 9.17) is 0 Å². The summed E-state index contributed by atoms with van der Waals surface area (Å²) in [4.78, 5) is 17.5. The van der Waals surface area contributed by atoms with Gasteiger partial charge in [-0.1, -0.05) is 60.7 Å². The maximum Gasteiger partial charge on any atom is 0.257 e. The molecule has 0 radical (unpaired) electrons. The van der Waals surface area contributed by atoms with Crippen LogP contribution in [-0.4, -0.2) is 9.55 Å². The van der Waals surface area contributed by atoms with Gasteiger partial charge in [0, 0.05) is 12.3 Å². The van der Waals surface area contributed by atoms with Gasteiger partial charge in [0.15, 0.2) is 0 Å². The lowest BCUT2D eigenvalue weighted by molar-refractivity contribution is 0.947. The van der Waals surface area contributed by atoms with E-state index in [1.54, 1.807) is 16.8 Å². The van der Waals surface area contributed by atoms with Crippen molar-refractivity contribution < 1.29 is 0 Å². The van der Waals surface area contributed by atoms with Gasteiger partial charge >= 0.3 is 0 Å². The van der Waals surface area contributed by atoms with Gasteiger partial charge in [0.1, 0.15) is 5.82 Å². The maximum atomic E-state index is 13.0. The largest absolute Gasteiger partial charge is 0.269 e. The summed E-state index contributed by atoms with van der Waals surface area (Å²) in [7, 11) is 0. The van der Waals surface area contributed by atoms with Crippen LogP contribution in [-0.2, 0) is 0 Å². The number of hydrogen-bond acceptors (Lipinski definition) is 2. The van der Waals surface area contributed by atoms with Crippen LogP contribution in [0.5, 0.6) is 0 Å². The Kier molecular flexibility index (Phi) is 4.20. The van der Waals surface area contributed by atoms with Crippen molar-refractivity contribution in [2.75, 3.05) is 0 Å². The molecule has 0 saturated carbocycles. The summed E-state index contributed by atoms with van der Waals surface area (Å²) in [5.74, 6) is 0.633. The maximum absolute atomic E-state index is 13.0. The molecule has 26 heavy (non-hydrogen) atoms. The van der Waals surface area contributed by atoms with E-state index >= 15 is 0 Å². The van der Waals surface area contributed by atoms with E-state index < -0.39 is 0 Å². The third kappa shape index (κ3) is 3.07. The van der Waals surface area contributed by atoms with Gasteiger partial charge in [-0.2, -0.15) is 0 Å². The predicted octanol–water partition coefficient (Wildman–Crippen LogP) is 4.87. The Bertz CT molecular complexity index is 1100. The molecule has 0 fully saturated rings. The fourth-order valence-electron chi connectivity index (χ4n) is 3.07. The van der Waals surface area contributed by atoms with Crippen molar-refractivity contribution in [1.82, 2.24) is 9.55 Å².